The van der Waals surface area contributed by atoms with Crippen LogP contribution >= 0.6 is 0 Å². The first-order valence-electron chi connectivity index (χ1n) is 4.78. The van der Waals surface area contributed by atoms with Crippen molar-refractivity contribution in [1.29, 1.82) is 0 Å². The molecular formula is C11H16FNO3. The quantitative estimate of drug-likeness (QED) is 0.776. The van der Waals surface area contributed by atoms with Gasteiger partial charge >= 0.3 is 0 Å². The summed E-state index contributed by atoms with van der Waals surface area (Å²) < 4.78 is 28.3. The van der Waals surface area contributed by atoms with Gasteiger partial charge in [-0.15, -0.1) is 0 Å². The molecule has 0 saturated heterocycles. The summed E-state index contributed by atoms with van der Waals surface area (Å²) in [7, 11) is 4.37. The highest BCUT2D eigenvalue weighted by Gasteiger charge is 2.19. The number of rotatable bonds is 5. The van der Waals surface area contributed by atoms with Crippen LogP contribution in [-0.4, -0.2) is 27.6 Å². The monoisotopic (exact) mass is 229 g/mol. The average Bonchev–Trinajstić information content (AvgIpc) is 2.30. The Balaban J connectivity index is 2.91. The first-order chi connectivity index (χ1) is 7.63. The van der Waals surface area contributed by atoms with Crippen molar-refractivity contribution >= 4 is 0 Å². The van der Waals surface area contributed by atoms with E-state index < -0.39 is 18.1 Å². The zero-order chi connectivity index (χ0) is 12.1. The maximum atomic E-state index is 13.4. The Labute approximate surface area is 94.1 Å². The molecule has 90 valence electrons. The molecule has 0 radical (unpaired) electrons. The minimum Gasteiger partial charge on any atom is -0.494 e. The number of benzene rings is 1. The van der Waals surface area contributed by atoms with Crippen LogP contribution in [0.5, 0.6) is 5.75 Å². The van der Waals surface area contributed by atoms with Crippen molar-refractivity contribution < 1.29 is 18.6 Å². The highest BCUT2D eigenvalue weighted by Crippen LogP contribution is 2.23. The van der Waals surface area contributed by atoms with Gasteiger partial charge in [0.25, 0.3) is 0 Å². The summed E-state index contributed by atoms with van der Waals surface area (Å²) in [6, 6.07) is 3.97. The Morgan fingerprint density at radius 3 is 2.25 bits per heavy atom. The van der Waals surface area contributed by atoms with E-state index in [1.165, 1.54) is 33.5 Å². The molecule has 0 aliphatic carbocycles. The highest BCUT2D eigenvalue weighted by atomic mass is 19.1. The number of nitrogens with two attached hydrogens (primary N) is 1. The number of halogens is 1. The zero-order valence-electron chi connectivity index (χ0n) is 9.57. The Hall–Kier alpha value is -1.17. The zero-order valence-corrected chi connectivity index (χ0v) is 9.57. The van der Waals surface area contributed by atoms with Gasteiger partial charge in [0.05, 0.1) is 13.2 Å². The molecule has 0 aromatic heterocycles. The summed E-state index contributed by atoms with van der Waals surface area (Å²) in [5, 5.41) is 0. The predicted octanol–water partition coefficient (Wildman–Crippen LogP) is 1.45. The topological polar surface area (TPSA) is 53.7 Å². The van der Waals surface area contributed by atoms with Gasteiger partial charge in [-0.05, 0) is 17.7 Å². The molecule has 1 atom stereocenters. The molecule has 16 heavy (non-hydrogen) atoms. The van der Waals surface area contributed by atoms with Gasteiger partial charge in [-0.25, -0.2) is 4.39 Å². The number of hydrogen-bond acceptors (Lipinski definition) is 4. The van der Waals surface area contributed by atoms with Crippen molar-refractivity contribution in [3.63, 3.8) is 0 Å². The lowest BCUT2D eigenvalue weighted by atomic mass is 10.1. The Kier molecular flexibility index (Phi) is 4.67. The molecule has 0 aliphatic heterocycles. The fraction of sp³-hybridized carbons (Fsp3) is 0.455. The predicted molar refractivity (Wildman–Crippen MR) is 57.7 cm³/mol. The van der Waals surface area contributed by atoms with Gasteiger partial charge in [-0.3, -0.25) is 0 Å². The molecule has 4 nitrogen and oxygen atoms in total. The Bertz CT molecular complexity index is 342. The van der Waals surface area contributed by atoms with E-state index >= 15 is 0 Å². The van der Waals surface area contributed by atoms with E-state index in [2.05, 4.69) is 0 Å². The summed E-state index contributed by atoms with van der Waals surface area (Å²) in [6.45, 7) is 0. The molecule has 0 aliphatic rings. The molecule has 1 unspecified atom stereocenters. The van der Waals surface area contributed by atoms with Gasteiger partial charge < -0.3 is 19.9 Å². The highest BCUT2D eigenvalue weighted by molar-refractivity contribution is 5.31. The van der Waals surface area contributed by atoms with Crippen LogP contribution in [0.25, 0.3) is 0 Å². The van der Waals surface area contributed by atoms with Crippen LogP contribution in [0.2, 0.25) is 0 Å². The van der Waals surface area contributed by atoms with Crippen molar-refractivity contribution in [2.24, 2.45) is 5.73 Å². The summed E-state index contributed by atoms with van der Waals surface area (Å²) in [5.74, 6) is -0.274. The second-order valence-electron chi connectivity index (χ2n) is 3.26. The fourth-order valence-electron chi connectivity index (χ4n) is 1.44. The average molecular weight is 229 g/mol. The van der Waals surface area contributed by atoms with Gasteiger partial charge in [-0.2, -0.15) is 0 Å². The molecule has 1 aromatic carbocycles. The van der Waals surface area contributed by atoms with Crippen molar-refractivity contribution in [1.82, 2.24) is 0 Å². The van der Waals surface area contributed by atoms with E-state index in [-0.39, 0.29) is 5.75 Å². The SMILES string of the molecule is COc1ccc(C(N)C(OC)OC)cc1F. The molecule has 0 amide bonds. The van der Waals surface area contributed by atoms with Crippen LogP contribution in [0.15, 0.2) is 18.2 Å². The number of methoxy groups -OCH3 is 3. The Morgan fingerprint density at radius 1 is 1.19 bits per heavy atom. The lowest BCUT2D eigenvalue weighted by molar-refractivity contribution is -0.117. The maximum absolute atomic E-state index is 13.4. The molecule has 0 fully saturated rings. The van der Waals surface area contributed by atoms with Crippen LogP contribution in [-0.2, 0) is 9.47 Å². The van der Waals surface area contributed by atoms with E-state index in [4.69, 9.17) is 19.9 Å². The van der Waals surface area contributed by atoms with E-state index in [0.29, 0.717) is 5.56 Å². The van der Waals surface area contributed by atoms with Crippen LogP contribution in [0.4, 0.5) is 4.39 Å². The summed E-state index contributed by atoms with van der Waals surface area (Å²) in [5.41, 5.74) is 6.45. The molecule has 5 heteroatoms. The van der Waals surface area contributed by atoms with E-state index in [1.54, 1.807) is 6.07 Å². The van der Waals surface area contributed by atoms with Crippen molar-refractivity contribution in [2.45, 2.75) is 12.3 Å². The smallest absolute Gasteiger partial charge is 0.176 e. The normalized spacial score (nSPS) is 12.9. The molecule has 0 heterocycles. The van der Waals surface area contributed by atoms with Gasteiger partial charge in [0.15, 0.2) is 17.9 Å². The number of hydrogen-bond donors (Lipinski definition) is 1. The van der Waals surface area contributed by atoms with Crippen molar-refractivity contribution in [3.05, 3.63) is 29.6 Å². The first-order valence-corrected chi connectivity index (χ1v) is 4.78. The lowest BCUT2D eigenvalue weighted by Gasteiger charge is -2.21. The molecule has 0 bridgehead atoms. The minimum absolute atomic E-state index is 0.183. The molecular weight excluding hydrogens is 213 g/mol. The van der Waals surface area contributed by atoms with Gasteiger partial charge in [0, 0.05) is 14.2 Å². The summed E-state index contributed by atoms with van der Waals surface area (Å²) in [4.78, 5) is 0. The molecule has 2 N–H and O–H groups in total. The molecule has 0 saturated carbocycles. The Morgan fingerprint density at radius 2 is 1.81 bits per heavy atom. The third-order valence-electron chi connectivity index (χ3n) is 2.32. The van der Waals surface area contributed by atoms with E-state index in [9.17, 15) is 4.39 Å². The maximum Gasteiger partial charge on any atom is 0.176 e. The molecule has 1 aromatic rings. The van der Waals surface area contributed by atoms with Crippen LogP contribution in [0, 0.1) is 5.82 Å². The van der Waals surface area contributed by atoms with Crippen LogP contribution in [0.3, 0.4) is 0 Å². The largest absolute Gasteiger partial charge is 0.494 e. The van der Waals surface area contributed by atoms with Gasteiger partial charge in [-0.1, -0.05) is 6.07 Å². The first kappa shape index (κ1) is 12.9. The van der Waals surface area contributed by atoms with Crippen LogP contribution in [0.1, 0.15) is 11.6 Å². The third-order valence-corrected chi connectivity index (χ3v) is 2.32. The minimum atomic E-state index is -0.604. The van der Waals surface area contributed by atoms with Gasteiger partial charge in [0.1, 0.15) is 0 Å². The molecule has 1 rings (SSSR count). The standard InChI is InChI=1S/C11H16FNO3/c1-14-9-5-4-7(6-8(9)12)10(13)11(15-2)16-3/h4-6,10-11H,13H2,1-3H3. The second-order valence-corrected chi connectivity index (χ2v) is 3.26. The third kappa shape index (κ3) is 2.69. The van der Waals surface area contributed by atoms with Crippen molar-refractivity contribution in [3.8, 4) is 5.75 Å². The molecule has 0 spiro atoms. The van der Waals surface area contributed by atoms with Gasteiger partial charge in [0.2, 0.25) is 0 Å². The summed E-state index contributed by atoms with van der Waals surface area (Å²) >= 11 is 0. The second kappa shape index (κ2) is 5.79. The van der Waals surface area contributed by atoms with Crippen LogP contribution < -0.4 is 10.5 Å². The fourth-order valence-corrected chi connectivity index (χ4v) is 1.44. The van der Waals surface area contributed by atoms with Crippen molar-refractivity contribution in [2.75, 3.05) is 21.3 Å². The lowest BCUT2D eigenvalue weighted by Crippen LogP contribution is -2.29. The number of ether oxygens (including phenoxy) is 3. The van der Waals surface area contributed by atoms with E-state index in [1.807, 2.05) is 0 Å². The summed E-state index contributed by atoms with van der Waals surface area (Å²) in [6.07, 6.45) is -0.604. The van der Waals surface area contributed by atoms with E-state index in [0.717, 1.165) is 0 Å².